The van der Waals surface area contributed by atoms with Crippen LogP contribution in [0.5, 0.6) is 0 Å². The maximum atomic E-state index is 13.5. The van der Waals surface area contributed by atoms with E-state index in [4.69, 9.17) is 5.73 Å². The predicted octanol–water partition coefficient (Wildman–Crippen LogP) is 1.86. The van der Waals surface area contributed by atoms with Gasteiger partial charge >= 0.3 is 0 Å². The number of hydrogen-bond acceptors (Lipinski definition) is 2. The van der Waals surface area contributed by atoms with Crippen molar-refractivity contribution in [3.05, 3.63) is 48.3 Å². The number of benzene rings is 1. The normalized spacial score (nSPS) is 14.4. The van der Waals surface area contributed by atoms with Crippen LogP contribution in [0.4, 0.5) is 4.39 Å². The molecule has 0 radical (unpaired) electrons. The van der Waals surface area contributed by atoms with Crippen molar-refractivity contribution >= 4 is 0 Å². The second-order valence-electron chi connectivity index (χ2n) is 4.20. The molecule has 0 heterocycles. The smallest absolute Gasteiger partial charge is 0.126 e. The molecule has 0 aliphatic carbocycles. The van der Waals surface area contributed by atoms with Gasteiger partial charge in [-0.2, -0.15) is 0 Å². The highest BCUT2D eigenvalue weighted by Crippen LogP contribution is 2.15. The van der Waals surface area contributed by atoms with Crippen molar-refractivity contribution in [2.75, 3.05) is 13.1 Å². The number of nitrogens with one attached hydrogen (secondary N) is 1. The van der Waals surface area contributed by atoms with Gasteiger partial charge in [0.2, 0.25) is 0 Å². The third-order valence-corrected chi connectivity index (χ3v) is 2.66. The van der Waals surface area contributed by atoms with Crippen LogP contribution < -0.4 is 11.1 Å². The van der Waals surface area contributed by atoms with Gasteiger partial charge in [-0.05, 0) is 25.0 Å². The van der Waals surface area contributed by atoms with Gasteiger partial charge in [0.15, 0.2) is 0 Å². The molecule has 0 spiro atoms. The van der Waals surface area contributed by atoms with Crippen LogP contribution in [-0.4, -0.2) is 18.6 Å². The lowest BCUT2D eigenvalue weighted by Gasteiger charge is -2.29. The summed E-state index contributed by atoms with van der Waals surface area (Å²) < 4.78 is 13.5. The van der Waals surface area contributed by atoms with Crippen molar-refractivity contribution in [3.63, 3.8) is 0 Å². The Morgan fingerprint density at radius 1 is 1.50 bits per heavy atom. The highest BCUT2D eigenvalue weighted by atomic mass is 19.1. The topological polar surface area (TPSA) is 38.0 Å². The van der Waals surface area contributed by atoms with Crippen molar-refractivity contribution < 1.29 is 4.39 Å². The maximum absolute atomic E-state index is 13.5. The molecule has 2 nitrogen and oxygen atoms in total. The van der Waals surface area contributed by atoms with E-state index in [2.05, 4.69) is 11.9 Å². The molecule has 1 rings (SSSR count). The van der Waals surface area contributed by atoms with E-state index in [0.29, 0.717) is 25.1 Å². The molecule has 88 valence electrons. The first-order valence-corrected chi connectivity index (χ1v) is 5.41. The molecule has 0 saturated heterocycles. The summed E-state index contributed by atoms with van der Waals surface area (Å²) in [6.45, 7) is 6.76. The van der Waals surface area contributed by atoms with Crippen LogP contribution in [0.2, 0.25) is 0 Å². The van der Waals surface area contributed by atoms with Gasteiger partial charge in [-0.15, -0.1) is 6.58 Å². The fraction of sp³-hybridized carbons (Fsp3) is 0.385. The molecule has 3 N–H and O–H groups in total. The Kier molecular flexibility index (Phi) is 4.65. The zero-order valence-electron chi connectivity index (χ0n) is 9.67. The molecule has 1 aromatic carbocycles. The molecule has 0 aromatic heterocycles. The molecule has 16 heavy (non-hydrogen) atoms. The predicted molar refractivity (Wildman–Crippen MR) is 65.8 cm³/mol. The molecular weight excluding hydrogens is 203 g/mol. The lowest BCUT2D eigenvalue weighted by Crippen LogP contribution is -2.50. The van der Waals surface area contributed by atoms with Crippen molar-refractivity contribution in [3.8, 4) is 0 Å². The zero-order valence-corrected chi connectivity index (χ0v) is 9.67. The minimum absolute atomic E-state index is 0.178. The summed E-state index contributed by atoms with van der Waals surface area (Å²) in [5.41, 5.74) is 6.12. The summed E-state index contributed by atoms with van der Waals surface area (Å²) in [7, 11) is 0. The van der Waals surface area contributed by atoms with E-state index in [9.17, 15) is 4.39 Å². The van der Waals surface area contributed by atoms with Gasteiger partial charge in [-0.25, -0.2) is 4.39 Å². The van der Waals surface area contributed by atoms with E-state index in [-0.39, 0.29) is 11.4 Å². The molecule has 1 unspecified atom stereocenters. The molecule has 0 aliphatic heterocycles. The Morgan fingerprint density at radius 3 is 2.75 bits per heavy atom. The van der Waals surface area contributed by atoms with E-state index < -0.39 is 0 Å². The molecule has 3 heteroatoms. The number of halogens is 1. The highest BCUT2D eigenvalue weighted by molar-refractivity contribution is 5.20. The van der Waals surface area contributed by atoms with Crippen molar-refractivity contribution in [1.82, 2.24) is 5.32 Å². The Bertz CT molecular complexity index is 352. The summed E-state index contributed by atoms with van der Waals surface area (Å²) in [6, 6.07) is 6.79. The van der Waals surface area contributed by atoms with Crippen LogP contribution in [0.1, 0.15) is 12.5 Å². The first-order valence-electron chi connectivity index (χ1n) is 5.41. The number of rotatable bonds is 6. The summed E-state index contributed by atoms with van der Waals surface area (Å²) in [6.07, 6.45) is 2.35. The Labute approximate surface area is 96.4 Å². The third kappa shape index (κ3) is 3.43. The fourth-order valence-electron chi connectivity index (χ4n) is 1.59. The molecule has 0 aliphatic rings. The van der Waals surface area contributed by atoms with Crippen LogP contribution in [0.15, 0.2) is 36.9 Å². The van der Waals surface area contributed by atoms with Crippen LogP contribution in [0, 0.1) is 5.82 Å². The summed E-state index contributed by atoms with van der Waals surface area (Å²) in [5.74, 6) is -0.178. The van der Waals surface area contributed by atoms with Gasteiger partial charge in [0.05, 0.1) is 0 Å². The standard InChI is InChI=1S/C13H19FN2/c1-3-8-16-13(2,10-15)9-11-6-4-5-7-12(11)14/h3-7,16H,1,8-10,15H2,2H3. The van der Waals surface area contributed by atoms with Gasteiger partial charge in [0.1, 0.15) is 5.82 Å². The average Bonchev–Trinajstić information content (AvgIpc) is 2.30. The second kappa shape index (κ2) is 5.77. The summed E-state index contributed by atoms with van der Waals surface area (Å²) in [4.78, 5) is 0. The summed E-state index contributed by atoms with van der Waals surface area (Å²) in [5, 5.41) is 3.26. The van der Waals surface area contributed by atoms with Gasteiger partial charge in [-0.3, -0.25) is 0 Å². The van der Waals surface area contributed by atoms with Crippen molar-refractivity contribution in [1.29, 1.82) is 0 Å². The number of nitrogens with two attached hydrogens (primary N) is 1. The van der Waals surface area contributed by atoms with Crippen molar-refractivity contribution in [2.45, 2.75) is 18.9 Å². The van der Waals surface area contributed by atoms with Crippen LogP contribution in [-0.2, 0) is 6.42 Å². The largest absolute Gasteiger partial charge is 0.329 e. The second-order valence-corrected chi connectivity index (χ2v) is 4.20. The molecule has 0 amide bonds. The summed E-state index contributed by atoms with van der Waals surface area (Å²) >= 11 is 0. The Hall–Kier alpha value is -1.19. The first kappa shape index (κ1) is 12.9. The van der Waals surface area contributed by atoms with E-state index >= 15 is 0 Å². The maximum Gasteiger partial charge on any atom is 0.126 e. The van der Waals surface area contributed by atoms with E-state index in [1.807, 2.05) is 13.0 Å². The zero-order chi connectivity index (χ0) is 12.0. The van der Waals surface area contributed by atoms with Gasteiger partial charge in [0.25, 0.3) is 0 Å². The third-order valence-electron chi connectivity index (χ3n) is 2.66. The number of hydrogen-bond donors (Lipinski definition) is 2. The minimum Gasteiger partial charge on any atom is -0.329 e. The molecule has 1 atom stereocenters. The molecule has 0 fully saturated rings. The van der Waals surface area contributed by atoms with Gasteiger partial charge in [0, 0.05) is 18.6 Å². The molecular formula is C13H19FN2. The molecule has 1 aromatic rings. The minimum atomic E-state index is -0.295. The van der Waals surface area contributed by atoms with Gasteiger partial charge < -0.3 is 11.1 Å². The van der Waals surface area contributed by atoms with Crippen LogP contribution >= 0.6 is 0 Å². The quantitative estimate of drug-likeness (QED) is 0.721. The SMILES string of the molecule is C=CCNC(C)(CN)Cc1ccccc1F. The molecule has 0 bridgehead atoms. The monoisotopic (exact) mass is 222 g/mol. The highest BCUT2D eigenvalue weighted by Gasteiger charge is 2.22. The average molecular weight is 222 g/mol. The first-order chi connectivity index (χ1) is 7.61. The fourth-order valence-corrected chi connectivity index (χ4v) is 1.59. The lowest BCUT2D eigenvalue weighted by atomic mass is 9.92. The van der Waals surface area contributed by atoms with Crippen LogP contribution in [0.25, 0.3) is 0 Å². The Morgan fingerprint density at radius 2 is 2.19 bits per heavy atom. The van der Waals surface area contributed by atoms with Gasteiger partial charge in [-0.1, -0.05) is 24.3 Å². The van der Waals surface area contributed by atoms with E-state index in [1.54, 1.807) is 18.2 Å². The molecule has 0 saturated carbocycles. The van der Waals surface area contributed by atoms with Crippen LogP contribution in [0.3, 0.4) is 0 Å². The Balaban J connectivity index is 2.76. The van der Waals surface area contributed by atoms with Crippen molar-refractivity contribution in [2.24, 2.45) is 5.73 Å². The van der Waals surface area contributed by atoms with E-state index in [1.165, 1.54) is 6.07 Å². The lowest BCUT2D eigenvalue weighted by molar-refractivity contribution is 0.372. The van der Waals surface area contributed by atoms with E-state index in [0.717, 1.165) is 0 Å².